The van der Waals surface area contributed by atoms with Crippen LogP contribution in [0, 0.1) is 0 Å². The lowest BCUT2D eigenvalue weighted by molar-refractivity contribution is 0.101. The van der Waals surface area contributed by atoms with E-state index in [0.29, 0.717) is 6.04 Å². The van der Waals surface area contributed by atoms with Gasteiger partial charge in [0.2, 0.25) is 0 Å². The molecule has 0 spiro atoms. The highest BCUT2D eigenvalue weighted by molar-refractivity contribution is 4.79. The van der Waals surface area contributed by atoms with E-state index < -0.39 is 0 Å². The van der Waals surface area contributed by atoms with Crippen molar-refractivity contribution < 1.29 is 0 Å². The Balaban J connectivity index is 2.12. The summed E-state index contributed by atoms with van der Waals surface area (Å²) in [5.74, 6) is 0. The first-order valence-electron chi connectivity index (χ1n) is 7.64. The van der Waals surface area contributed by atoms with Gasteiger partial charge in [-0.15, -0.1) is 0 Å². The molecule has 17 heavy (non-hydrogen) atoms. The van der Waals surface area contributed by atoms with Crippen LogP contribution < -0.4 is 5.32 Å². The van der Waals surface area contributed by atoms with Crippen LogP contribution in [-0.2, 0) is 0 Å². The van der Waals surface area contributed by atoms with E-state index in [1.807, 2.05) is 0 Å². The molecule has 0 aromatic carbocycles. The molecule has 0 aromatic rings. The van der Waals surface area contributed by atoms with Gasteiger partial charge in [0.1, 0.15) is 0 Å². The van der Waals surface area contributed by atoms with Crippen LogP contribution >= 0.6 is 0 Å². The summed E-state index contributed by atoms with van der Waals surface area (Å²) in [4.78, 5) is 2.72. The van der Waals surface area contributed by atoms with Crippen molar-refractivity contribution in [1.82, 2.24) is 10.2 Å². The Kier molecular flexibility index (Phi) is 7.14. The number of piperidine rings is 1. The molecule has 0 radical (unpaired) electrons. The van der Waals surface area contributed by atoms with Crippen LogP contribution in [0.4, 0.5) is 0 Å². The van der Waals surface area contributed by atoms with E-state index in [0.717, 1.165) is 18.6 Å². The van der Waals surface area contributed by atoms with Gasteiger partial charge in [-0.25, -0.2) is 0 Å². The fraction of sp³-hybridized carbons (Fsp3) is 1.00. The maximum Gasteiger partial charge on any atom is 0.00697 e. The highest BCUT2D eigenvalue weighted by atomic mass is 15.2. The van der Waals surface area contributed by atoms with Crippen molar-refractivity contribution in [3.63, 3.8) is 0 Å². The Morgan fingerprint density at radius 3 is 2.41 bits per heavy atom. The summed E-state index contributed by atoms with van der Waals surface area (Å²) in [5.41, 5.74) is 0. The maximum absolute atomic E-state index is 3.49. The smallest absolute Gasteiger partial charge is 0.00697 e. The normalized spacial score (nSPS) is 28.2. The standard InChI is InChI=1S/C15H32N2/c1-5-16-13(2)9-6-7-12-17-14(3)10-8-11-15(17)4/h13-16H,5-12H2,1-4H3. The number of hydrogen-bond acceptors (Lipinski definition) is 2. The van der Waals surface area contributed by atoms with E-state index in [9.17, 15) is 0 Å². The molecule has 1 saturated heterocycles. The quantitative estimate of drug-likeness (QED) is 0.686. The van der Waals surface area contributed by atoms with Crippen LogP contribution in [0.1, 0.15) is 66.2 Å². The van der Waals surface area contributed by atoms with Gasteiger partial charge in [-0.3, -0.25) is 4.90 Å². The second-order valence-corrected chi connectivity index (χ2v) is 5.82. The van der Waals surface area contributed by atoms with Gasteiger partial charge in [0, 0.05) is 18.1 Å². The van der Waals surface area contributed by atoms with Gasteiger partial charge in [0.25, 0.3) is 0 Å². The van der Waals surface area contributed by atoms with Gasteiger partial charge < -0.3 is 5.32 Å². The SMILES string of the molecule is CCNC(C)CCCCN1C(C)CCCC1C. The zero-order valence-electron chi connectivity index (χ0n) is 12.3. The number of rotatable bonds is 7. The molecule has 3 unspecified atom stereocenters. The van der Waals surface area contributed by atoms with Crippen molar-refractivity contribution in [2.75, 3.05) is 13.1 Å². The zero-order valence-corrected chi connectivity index (χ0v) is 12.3. The van der Waals surface area contributed by atoms with Crippen molar-refractivity contribution in [1.29, 1.82) is 0 Å². The summed E-state index contributed by atoms with van der Waals surface area (Å²) in [6.07, 6.45) is 8.28. The first-order chi connectivity index (χ1) is 8.15. The van der Waals surface area contributed by atoms with Gasteiger partial charge >= 0.3 is 0 Å². The van der Waals surface area contributed by atoms with Crippen molar-refractivity contribution in [3.8, 4) is 0 Å². The van der Waals surface area contributed by atoms with E-state index >= 15 is 0 Å². The third-order valence-electron chi connectivity index (χ3n) is 4.23. The lowest BCUT2D eigenvalue weighted by Crippen LogP contribution is -2.44. The van der Waals surface area contributed by atoms with E-state index in [1.165, 1.54) is 45.1 Å². The van der Waals surface area contributed by atoms with Crippen molar-refractivity contribution in [2.45, 2.75) is 84.3 Å². The summed E-state index contributed by atoms with van der Waals surface area (Å²) in [5, 5.41) is 3.49. The summed E-state index contributed by atoms with van der Waals surface area (Å²) in [6, 6.07) is 2.31. The monoisotopic (exact) mass is 240 g/mol. The molecule has 1 rings (SSSR count). The molecule has 0 aliphatic carbocycles. The zero-order chi connectivity index (χ0) is 12.7. The molecule has 0 aromatic heterocycles. The topological polar surface area (TPSA) is 15.3 Å². The molecule has 1 aliphatic rings. The lowest BCUT2D eigenvalue weighted by Gasteiger charge is -2.39. The summed E-state index contributed by atoms with van der Waals surface area (Å²) >= 11 is 0. The first-order valence-corrected chi connectivity index (χ1v) is 7.64. The van der Waals surface area contributed by atoms with Gasteiger partial charge in [0.05, 0.1) is 0 Å². The second kappa shape index (κ2) is 8.10. The molecular weight excluding hydrogens is 208 g/mol. The van der Waals surface area contributed by atoms with Gasteiger partial charge in [0.15, 0.2) is 0 Å². The van der Waals surface area contributed by atoms with Crippen LogP contribution in [0.25, 0.3) is 0 Å². The number of nitrogens with one attached hydrogen (secondary N) is 1. The average molecular weight is 240 g/mol. The number of unbranched alkanes of at least 4 members (excludes halogenated alkanes) is 1. The summed E-state index contributed by atoms with van der Waals surface area (Å²) < 4.78 is 0. The molecule has 0 saturated carbocycles. The second-order valence-electron chi connectivity index (χ2n) is 5.82. The Morgan fingerprint density at radius 2 is 1.82 bits per heavy atom. The molecule has 1 heterocycles. The molecule has 0 amide bonds. The third kappa shape index (κ3) is 5.39. The predicted molar refractivity (Wildman–Crippen MR) is 76.5 cm³/mol. The molecule has 2 heteroatoms. The van der Waals surface area contributed by atoms with Crippen LogP contribution in [0.15, 0.2) is 0 Å². The average Bonchev–Trinajstić information content (AvgIpc) is 2.28. The summed E-state index contributed by atoms with van der Waals surface area (Å²) in [6.45, 7) is 11.7. The fourth-order valence-corrected chi connectivity index (χ4v) is 3.11. The Labute approximate surface area is 108 Å². The molecule has 1 fully saturated rings. The highest BCUT2D eigenvalue weighted by Gasteiger charge is 2.23. The minimum atomic E-state index is 0.691. The molecular formula is C15H32N2. The van der Waals surface area contributed by atoms with Crippen LogP contribution in [0.3, 0.4) is 0 Å². The largest absolute Gasteiger partial charge is 0.315 e. The first kappa shape index (κ1) is 15.0. The Hall–Kier alpha value is -0.0800. The Bertz CT molecular complexity index is 183. The van der Waals surface area contributed by atoms with E-state index in [2.05, 4.69) is 37.9 Å². The van der Waals surface area contributed by atoms with E-state index in [4.69, 9.17) is 0 Å². The van der Waals surface area contributed by atoms with Gasteiger partial charge in [-0.2, -0.15) is 0 Å². The minimum Gasteiger partial charge on any atom is -0.315 e. The van der Waals surface area contributed by atoms with Crippen LogP contribution in [-0.4, -0.2) is 36.1 Å². The van der Waals surface area contributed by atoms with E-state index in [-0.39, 0.29) is 0 Å². The van der Waals surface area contributed by atoms with Crippen molar-refractivity contribution in [3.05, 3.63) is 0 Å². The molecule has 102 valence electrons. The molecule has 2 nitrogen and oxygen atoms in total. The number of nitrogens with zero attached hydrogens (tertiary/aromatic N) is 1. The van der Waals surface area contributed by atoms with Crippen LogP contribution in [0.2, 0.25) is 0 Å². The van der Waals surface area contributed by atoms with Gasteiger partial charge in [-0.1, -0.05) is 19.8 Å². The van der Waals surface area contributed by atoms with Crippen molar-refractivity contribution >= 4 is 0 Å². The highest BCUT2D eigenvalue weighted by Crippen LogP contribution is 2.22. The van der Waals surface area contributed by atoms with Crippen LogP contribution in [0.5, 0.6) is 0 Å². The summed E-state index contributed by atoms with van der Waals surface area (Å²) in [7, 11) is 0. The van der Waals surface area contributed by atoms with Crippen molar-refractivity contribution in [2.24, 2.45) is 0 Å². The molecule has 1 aliphatic heterocycles. The fourth-order valence-electron chi connectivity index (χ4n) is 3.11. The minimum absolute atomic E-state index is 0.691. The lowest BCUT2D eigenvalue weighted by atomic mass is 9.97. The molecule has 1 N–H and O–H groups in total. The van der Waals surface area contributed by atoms with Gasteiger partial charge in [-0.05, 0) is 59.5 Å². The third-order valence-corrected chi connectivity index (χ3v) is 4.23. The Morgan fingerprint density at radius 1 is 1.18 bits per heavy atom. The molecule has 3 atom stereocenters. The predicted octanol–water partition coefficient (Wildman–Crippen LogP) is 3.42. The number of hydrogen-bond donors (Lipinski definition) is 1. The number of likely N-dealkylation sites (tertiary alicyclic amines) is 1. The maximum atomic E-state index is 3.49. The van der Waals surface area contributed by atoms with E-state index in [1.54, 1.807) is 0 Å². The molecule has 0 bridgehead atoms.